The van der Waals surface area contributed by atoms with E-state index in [2.05, 4.69) is 71.7 Å². The van der Waals surface area contributed by atoms with Crippen LogP contribution in [0.3, 0.4) is 0 Å². The first-order valence-electron chi connectivity index (χ1n) is 10.5. The molecule has 0 bridgehead atoms. The number of hydrogen-bond acceptors (Lipinski definition) is 6. The molecule has 2 aromatic carbocycles. The summed E-state index contributed by atoms with van der Waals surface area (Å²) in [7, 11) is 0. The molecule has 0 saturated heterocycles. The third kappa shape index (κ3) is 4.39. The van der Waals surface area contributed by atoms with Gasteiger partial charge in [0.2, 0.25) is 0 Å². The van der Waals surface area contributed by atoms with Gasteiger partial charge in [-0.3, -0.25) is 0 Å². The summed E-state index contributed by atoms with van der Waals surface area (Å²) >= 11 is 0. The van der Waals surface area contributed by atoms with E-state index in [0.29, 0.717) is 18.2 Å². The maximum atomic E-state index is 6.20. The second-order valence-electron chi connectivity index (χ2n) is 8.71. The molecule has 0 aliphatic rings. The second-order valence-corrected chi connectivity index (χ2v) is 8.71. The van der Waals surface area contributed by atoms with Gasteiger partial charge in [-0.15, -0.1) is 5.10 Å². The summed E-state index contributed by atoms with van der Waals surface area (Å²) in [6.45, 7) is 9.13. The number of nitrogens with one attached hydrogen (secondary N) is 1. The molecule has 31 heavy (non-hydrogen) atoms. The first kappa shape index (κ1) is 20.9. The van der Waals surface area contributed by atoms with Crippen LogP contribution in [0.1, 0.15) is 57.4 Å². The minimum atomic E-state index is -0.146. The quantitative estimate of drug-likeness (QED) is 0.493. The summed E-state index contributed by atoms with van der Waals surface area (Å²) in [5.74, 6) is 2.30. The number of H-pyrrole nitrogens is 1. The standard InChI is InChI=1S/C23H28N8/c1-5-19(24)21-25-22(23(2,3)4)31(28-21)14-15-10-12-16(13-11-15)17-8-6-7-9-18(17)20-26-29-30-27-20/h6-13,19H,5,14,24H2,1-4H3,(H,26,27,29,30). The maximum absolute atomic E-state index is 6.20. The topological polar surface area (TPSA) is 111 Å². The van der Waals surface area contributed by atoms with Gasteiger partial charge in [0.25, 0.3) is 0 Å². The monoisotopic (exact) mass is 416 g/mol. The van der Waals surface area contributed by atoms with Gasteiger partial charge in [-0.05, 0) is 33.5 Å². The van der Waals surface area contributed by atoms with Gasteiger partial charge < -0.3 is 5.73 Å². The molecular weight excluding hydrogens is 388 g/mol. The van der Waals surface area contributed by atoms with Gasteiger partial charge in [0.1, 0.15) is 5.82 Å². The first-order chi connectivity index (χ1) is 14.9. The van der Waals surface area contributed by atoms with Crippen LogP contribution in [0.5, 0.6) is 0 Å². The zero-order valence-corrected chi connectivity index (χ0v) is 18.4. The molecule has 0 saturated carbocycles. The van der Waals surface area contributed by atoms with Crippen molar-refractivity contribution in [3.05, 3.63) is 65.7 Å². The predicted octanol–water partition coefficient (Wildman–Crippen LogP) is 3.88. The lowest BCUT2D eigenvalue weighted by Crippen LogP contribution is -2.20. The maximum Gasteiger partial charge on any atom is 0.180 e. The number of tetrazole rings is 1. The molecule has 2 heterocycles. The molecule has 0 amide bonds. The molecule has 8 nitrogen and oxygen atoms in total. The molecule has 0 fully saturated rings. The molecule has 8 heteroatoms. The summed E-state index contributed by atoms with van der Waals surface area (Å²) in [5, 5.41) is 19.0. The number of rotatable bonds is 6. The van der Waals surface area contributed by atoms with Crippen LogP contribution in [0.15, 0.2) is 48.5 Å². The van der Waals surface area contributed by atoms with E-state index in [4.69, 9.17) is 15.8 Å². The Kier molecular flexibility index (Phi) is 5.65. The van der Waals surface area contributed by atoms with Gasteiger partial charge in [0.05, 0.1) is 12.6 Å². The Morgan fingerprint density at radius 2 is 1.74 bits per heavy atom. The Hall–Kier alpha value is -3.39. The van der Waals surface area contributed by atoms with Crippen molar-refractivity contribution in [2.24, 2.45) is 5.73 Å². The average molecular weight is 417 g/mol. The number of nitrogens with zero attached hydrogens (tertiary/aromatic N) is 6. The Balaban J connectivity index is 1.63. The van der Waals surface area contributed by atoms with E-state index < -0.39 is 0 Å². The predicted molar refractivity (Wildman–Crippen MR) is 120 cm³/mol. The van der Waals surface area contributed by atoms with Crippen molar-refractivity contribution in [1.82, 2.24) is 35.4 Å². The van der Waals surface area contributed by atoms with Crippen LogP contribution in [-0.2, 0) is 12.0 Å². The van der Waals surface area contributed by atoms with E-state index in [1.165, 1.54) is 0 Å². The number of aromatic nitrogens is 7. The van der Waals surface area contributed by atoms with Gasteiger partial charge in [-0.25, -0.2) is 14.8 Å². The van der Waals surface area contributed by atoms with Crippen molar-refractivity contribution >= 4 is 0 Å². The van der Waals surface area contributed by atoms with Crippen molar-refractivity contribution in [2.75, 3.05) is 0 Å². The zero-order chi connectivity index (χ0) is 22.0. The lowest BCUT2D eigenvalue weighted by Gasteiger charge is -2.18. The molecule has 1 atom stereocenters. The molecule has 2 aromatic heterocycles. The van der Waals surface area contributed by atoms with Gasteiger partial charge in [0, 0.05) is 11.0 Å². The van der Waals surface area contributed by atoms with Crippen LogP contribution in [0.25, 0.3) is 22.5 Å². The lowest BCUT2D eigenvalue weighted by atomic mass is 9.95. The highest BCUT2D eigenvalue weighted by Crippen LogP contribution is 2.30. The largest absolute Gasteiger partial charge is 0.321 e. The fourth-order valence-corrected chi connectivity index (χ4v) is 3.54. The molecule has 0 radical (unpaired) electrons. The minimum Gasteiger partial charge on any atom is -0.321 e. The molecule has 4 aromatic rings. The minimum absolute atomic E-state index is 0.122. The Morgan fingerprint density at radius 1 is 1.03 bits per heavy atom. The van der Waals surface area contributed by atoms with E-state index in [1.807, 2.05) is 29.8 Å². The highest BCUT2D eigenvalue weighted by atomic mass is 15.5. The Morgan fingerprint density at radius 3 is 2.35 bits per heavy atom. The number of hydrogen-bond donors (Lipinski definition) is 2. The van der Waals surface area contributed by atoms with E-state index in [1.54, 1.807) is 0 Å². The van der Waals surface area contributed by atoms with Gasteiger partial charge in [-0.1, -0.05) is 76.2 Å². The highest BCUT2D eigenvalue weighted by Gasteiger charge is 2.24. The van der Waals surface area contributed by atoms with Crippen molar-refractivity contribution in [3.8, 4) is 22.5 Å². The summed E-state index contributed by atoms with van der Waals surface area (Å²) < 4.78 is 1.98. The van der Waals surface area contributed by atoms with E-state index in [-0.39, 0.29) is 11.5 Å². The number of benzene rings is 2. The third-order valence-electron chi connectivity index (χ3n) is 5.26. The molecule has 3 N–H and O–H groups in total. The fraction of sp³-hybridized carbons (Fsp3) is 0.348. The van der Waals surface area contributed by atoms with Gasteiger partial charge >= 0.3 is 0 Å². The second kappa shape index (κ2) is 8.39. The first-order valence-corrected chi connectivity index (χ1v) is 10.5. The summed E-state index contributed by atoms with van der Waals surface area (Å²) in [6, 6.07) is 16.4. The van der Waals surface area contributed by atoms with Crippen LogP contribution >= 0.6 is 0 Å². The van der Waals surface area contributed by atoms with Crippen LogP contribution in [0, 0.1) is 0 Å². The Labute approximate surface area is 181 Å². The van der Waals surface area contributed by atoms with Crippen molar-refractivity contribution in [1.29, 1.82) is 0 Å². The van der Waals surface area contributed by atoms with Gasteiger partial charge in [-0.2, -0.15) is 5.10 Å². The summed E-state index contributed by atoms with van der Waals surface area (Å²) in [5.41, 5.74) is 10.4. The van der Waals surface area contributed by atoms with Crippen molar-refractivity contribution < 1.29 is 0 Å². The highest BCUT2D eigenvalue weighted by molar-refractivity contribution is 5.80. The number of aromatic amines is 1. The van der Waals surface area contributed by atoms with E-state index in [9.17, 15) is 0 Å². The molecule has 160 valence electrons. The van der Waals surface area contributed by atoms with Crippen LogP contribution < -0.4 is 5.73 Å². The normalized spacial score (nSPS) is 12.8. The summed E-state index contributed by atoms with van der Waals surface area (Å²) in [4.78, 5) is 4.76. The lowest BCUT2D eigenvalue weighted by molar-refractivity contribution is 0.490. The molecule has 0 spiro atoms. The van der Waals surface area contributed by atoms with Gasteiger partial charge in [0.15, 0.2) is 11.6 Å². The third-order valence-corrected chi connectivity index (χ3v) is 5.26. The van der Waals surface area contributed by atoms with Crippen molar-refractivity contribution in [2.45, 2.75) is 52.1 Å². The van der Waals surface area contributed by atoms with Crippen molar-refractivity contribution in [3.63, 3.8) is 0 Å². The van der Waals surface area contributed by atoms with Crippen LogP contribution in [-0.4, -0.2) is 35.4 Å². The molecule has 0 aliphatic heterocycles. The fourth-order valence-electron chi connectivity index (χ4n) is 3.54. The number of nitrogens with two attached hydrogens (primary N) is 1. The molecule has 0 aliphatic carbocycles. The van der Waals surface area contributed by atoms with Crippen LogP contribution in [0.4, 0.5) is 0 Å². The Bertz CT molecular complexity index is 1140. The van der Waals surface area contributed by atoms with E-state index >= 15 is 0 Å². The summed E-state index contributed by atoms with van der Waals surface area (Å²) in [6.07, 6.45) is 0.808. The zero-order valence-electron chi connectivity index (χ0n) is 18.4. The average Bonchev–Trinajstić information content (AvgIpc) is 3.44. The smallest absolute Gasteiger partial charge is 0.180 e. The molecule has 4 rings (SSSR count). The SMILES string of the molecule is CCC(N)c1nc(C(C)(C)C)n(Cc2ccc(-c3ccccc3-c3nnn[nH]3)cc2)n1. The molecule has 1 unspecified atom stereocenters. The van der Waals surface area contributed by atoms with E-state index in [0.717, 1.165) is 34.5 Å². The van der Waals surface area contributed by atoms with Crippen LogP contribution in [0.2, 0.25) is 0 Å². The molecular formula is C23H28N8.